The Morgan fingerprint density at radius 2 is 1.70 bits per heavy atom. The number of pyridine rings is 2. The standard InChI is InChI=1S/C16H12Cl2N4S/c17-11-5-2-1-4-10(11)16-12(18)8-9-14(21-16)22-23-15-7-3-6-13(19)20-15/h1-9H,(H2,19,20)(H,21,22). The van der Waals surface area contributed by atoms with Crippen LogP contribution >= 0.6 is 35.1 Å². The molecule has 0 spiro atoms. The third-order valence-electron chi connectivity index (χ3n) is 2.98. The lowest BCUT2D eigenvalue weighted by atomic mass is 10.1. The van der Waals surface area contributed by atoms with E-state index < -0.39 is 0 Å². The fourth-order valence-corrected chi connectivity index (χ4v) is 2.99. The molecular formula is C16H12Cl2N4S. The Bertz CT molecular complexity index is 842. The Labute approximate surface area is 148 Å². The van der Waals surface area contributed by atoms with Crippen LogP contribution in [0.1, 0.15) is 0 Å². The molecule has 2 aromatic heterocycles. The first-order chi connectivity index (χ1) is 11.1. The molecule has 3 aromatic rings. The maximum Gasteiger partial charge on any atom is 0.136 e. The minimum Gasteiger partial charge on any atom is -0.384 e. The predicted octanol–water partition coefficient (Wildman–Crippen LogP) is 5.15. The van der Waals surface area contributed by atoms with Crippen molar-refractivity contribution in [2.24, 2.45) is 0 Å². The van der Waals surface area contributed by atoms with Crippen LogP contribution in [0.4, 0.5) is 11.6 Å². The van der Waals surface area contributed by atoms with Crippen LogP contribution in [0.3, 0.4) is 0 Å². The molecule has 0 saturated carbocycles. The van der Waals surface area contributed by atoms with Gasteiger partial charge in [0.05, 0.1) is 15.7 Å². The van der Waals surface area contributed by atoms with Gasteiger partial charge < -0.3 is 10.5 Å². The molecule has 0 atom stereocenters. The number of nitrogens with zero attached hydrogens (tertiary/aromatic N) is 2. The van der Waals surface area contributed by atoms with E-state index in [4.69, 9.17) is 28.9 Å². The van der Waals surface area contributed by atoms with Gasteiger partial charge in [0.2, 0.25) is 0 Å². The van der Waals surface area contributed by atoms with Gasteiger partial charge in [0.1, 0.15) is 16.7 Å². The molecule has 23 heavy (non-hydrogen) atoms. The first-order valence-corrected chi connectivity index (χ1v) is 8.27. The van der Waals surface area contributed by atoms with Crippen LogP contribution < -0.4 is 10.5 Å². The largest absolute Gasteiger partial charge is 0.384 e. The summed E-state index contributed by atoms with van der Waals surface area (Å²) in [4.78, 5) is 8.74. The molecule has 0 fully saturated rings. The summed E-state index contributed by atoms with van der Waals surface area (Å²) >= 11 is 13.8. The first kappa shape index (κ1) is 15.9. The van der Waals surface area contributed by atoms with Gasteiger partial charge >= 0.3 is 0 Å². The maximum absolute atomic E-state index is 6.26. The number of nitrogens with one attached hydrogen (secondary N) is 1. The summed E-state index contributed by atoms with van der Waals surface area (Å²) in [5.74, 6) is 1.12. The van der Waals surface area contributed by atoms with Gasteiger partial charge in [0.15, 0.2) is 0 Å². The van der Waals surface area contributed by atoms with Crippen LogP contribution in [0, 0.1) is 0 Å². The molecule has 0 saturated heterocycles. The van der Waals surface area contributed by atoms with E-state index in [1.807, 2.05) is 30.3 Å². The molecule has 0 amide bonds. The quantitative estimate of drug-likeness (QED) is 0.628. The van der Waals surface area contributed by atoms with E-state index in [9.17, 15) is 0 Å². The lowest BCUT2D eigenvalue weighted by Gasteiger charge is -2.09. The van der Waals surface area contributed by atoms with Gasteiger partial charge in [-0.2, -0.15) is 0 Å². The lowest BCUT2D eigenvalue weighted by molar-refractivity contribution is 1.15. The molecular weight excluding hydrogens is 351 g/mol. The molecule has 1 aromatic carbocycles. The number of aromatic nitrogens is 2. The van der Waals surface area contributed by atoms with Gasteiger partial charge in [0, 0.05) is 17.5 Å². The van der Waals surface area contributed by atoms with E-state index in [0.717, 1.165) is 10.6 Å². The number of hydrogen-bond donors (Lipinski definition) is 2. The summed E-state index contributed by atoms with van der Waals surface area (Å²) in [7, 11) is 0. The van der Waals surface area contributed by atoms with Crippen molar-refractivity contribution in [3.05, 3.63) is 64.6 Å². The SMILES string of the molecule is Nc1cccc(SNc2ccc(Cl)c(-c3ccccc3Cl)n2)n1. The van der Waals surface area contributed by atoms with E-state index in [-0.39, 0.29) is 0 Å². The zero-order chi connectivity index (χ0) is 16.2. The van der Waals surface area contributed by atoms with Gasteiger partial charge in [0.25, 0.3) is 0 Å². The molecule has 3 rings (SSSR count). The van der Waals surface area contributed by atoms with Crippen molar-refractivity contribution in [3.8, 4) is 11.3 Å². The number of rotatable bonds is 4. The second-order valence-electron chi connectivity index (χ2n) is 4.61. The van der Waals surface area contributed by atoms with Crippen molar-refractivity contribution in [3.63, 3.8) is 0 Å². The zero-order valence-electron chi connectivity index (χ0n) is 11.8. The summed E-state index contributed by atoms with van der Waals surface area (Å²) in [6.07, 6.45) is 0. The van der Waals surface area contributed by atoms with Gasteiger partial charge in [-0.05, 0) is 30.3 Å². The molecule has 0 bridgehead atoms. The highest BCUT2D eigenvalue weighted by atomic mass is 35.5. The fourth-order valence-electron chi connectivity index (χ4n) is 1.93. The normalized spacial score (nSPS) is 10.5. The lowest BCUT2D eigenvalue weighted by Crippen LogP contribution is -1.96. The van der Waals surface area contributed by atoms with E-state index in [2.05, 4.69) is 14.7 Å². The summed E-state index contributed by atoms with van der Waals surface area (Å²) in [5.41, 5.74) is 7.08. The number of benzene rings is 1. The summed E-state index contributed by atoms with van der Waals surface area (Å²) in [5, 5.41) is 1.89. The molecule has 0 aliphatic carbocycles. The van der Waals surface area contributed by atoms with Crippen LogP contribution in [-0.2, 0) is 0 Å². The van der Waals surface area contributed by atoms with Crippen LogP contribution in [0.5, 0.6) is 0 Å². The molecule has 7 heteroatoms. The molecule has 0 aliphatic rings. The summed E-state index contributed by atoms with van der Waals surface area (Å²) in [6, 6.07) is 16.5. The van der Waals surface area contributed by atoms with Crippen LogP contribution in [0.25, 0.3) is 11.3 Å². The number of halogens is 2. The highest BCUT2D eigenvalue weighted by Gasteiger charge is 2.10. The van der Waals surface area contributed by atoms with Gasteiger partial charge in [-0.3, -0.25) is 0 Å². The van der Waals surface area contributed by atoms with Crippen molar-refractivity contribution in [1.29, 1.82) is 0 Å². The average Bonchev–Trinajstić information content (AvgIpc) is 2.55. The van der Waals surface area contributed by atoms with Crippen molar-refractivity contribution in [2.75, 3.05) is 10.5 Å². The monoisotopic (exact) mass is 362 g/mol. The van der Waals surface area contributed by atoms with Crippen molar-refractivity contribution < 1.29 is 0 Å². The van der Waals surface area contributed by atoms with E-state index >= 15 is 0 Å². The second-order valence-corrected chi connectivity index (χ2v) is 6.25. The minimum absolute atomic E-state index is 0.470. The van der Waals surface area contributed by atoms with Crippen molar-refractivity contribution in [2.45, 2.75) is 5.03 Å². The number of anilines is 2. The average molecular weight is 363 g/mol. The molecule has 2 heterocycles. The van der Waals surface area contributed by atoms with E-state index in [1.165, 1.54) is 11.9 Å². The van der Waals surface area contributed by atoms with Gasteiger partial charge in [-0.1, -0.05) is 47.5 Å². The van der Waals surface area contributed by atoms with E-state index in [1.54, 1.807) is 24.3 Å². The highest BCUT2D eigenvalue weighted by Crippen LogP contribution is 2.33. The Balaban J connectivity index is 1.85. The zero-order valence-corrected chi connectivity index (χ0v) is 14.2. The minimum atomic E-state index is 0.470. The summed E-state index contributed by atoms with van der Waals surface area (Å²) in [6.45, 7) is 0. The van der Waals surface area contributed by atoms with Gasteiger partial charge in [-0.15, -0.1) is 0 Å². The van der Waals surface area contributed by atoms with Crippen molar-refractivity contribution >= 4 is 46.8 Å². The third-order valence-corrected chi connectivity index (χ3v) is 4.36. The molecule has 0 aliphatic heterocycles. The molecule has 3 N–H and O–H groups in total. The van der Waals surface area contributed by atoms with Crippen LogP contribution in [-0.4, -0.2) is 9.97 Å². The molecule has 116 valence electrons. The van der Waals surface area contributed by atoms with Crippen LogP contribution in [0.15, 0.2) is 59.6 Å². The third kappa shape index (κ3) is 3.88. The summed E-state index contributed by atoms with van der Waals surface area (Å²) < 4.78 is 3.13. The first-order valence-electron chi connectivity index (χ1n) is 6.70. The highest BCUT2D eigenvalue weighted by molar-refractivity contribution is 8.00. The Morgan fingerprint density at radius 3 is 2.48 bits per heavy atom. The maximum atomic E-state index is 6.26. The number of nitrogen functional groups attached to an aromatic ring is 1. The Morgan fingerprint density at radius 1 is 0.870 bits per heavy atom. The Kier molecular flexibility index (Phi) is 4.91. The number of nitrogens with two attached hydrogens (primary N) is 1. The van der Waals surface area contributed by atoms with Crippen LogP contribution in [0.2, 0.25) is 10.0 Å². The smallest absolute Gasteiger partial charge is 0.136 e. The number of hydrogen-bond acceptors (Lipinski definition) is 5. The van der Waals surface area contributed by atoms with Gasteiger partial charge in [-0.25, -0.2) is 9.97 Å². The predicted molar refractivity (Wildman–Crippen MR) is 97.8 cm³/mol. The van der Waals surface area contributed by atoms with Crippen molar-refractivity contribution in [1.82, 2.24) is 9.97 Å². The molecule has 4 nitrogen and oxygen atoms in total. The van der Waals surface area contributed by atoms with E-state index in [0.29, 0.717) is 27.4 Å². The second kappa shape index (κ2) is 7.08. The molecule has 0 radical (unpaired) electrons. The molecule has 0 unspecified atom stereocenters. The topological polar surface area (TPSA) is 63.8 Å². The fraction of sp³-hybridized carbons (Fsp3) is 0. The Hall–Kier alpha value is -1.95.